The molecule has 1 saturated carbocycles. The number of hydrogen-bond acceptors (Lipinski definition) is 1. The third-order valence-corrected chi connectivity index (χ3v) is 7.93. The van der Waals surface area contributed by atoms with Gasteiger partial charge in [0.25, 0.3) is 0 Å². The molecule has 1 nitrogen and oxygen atoms in total. The Balaban J connectivity index is 1.87. The predicted octanol–water partition coefficient (Wildman–Crippen LogP) is 5.09. The Morgan fingerprint density at radius 2 is 1.19 bits per heavy atom. The van der Waals surface area contributed by atoms with Gasteiger partial charge in [0.1, 0.15) is 0 Å². The van der Waals surface area contributed by atoms with Gasteiger partial charge < -0.3 is 4.57 Å². The predicted molar refractivity (Wildman–Crippen MR) is 109 cm³/mol. The molecule has 0 bridgehead atoms. The van der Waals surface area contributed by atoms with E-state index in [1.807, 2.05) is 85.6 Å². The number of hydrogen-bond donors (Lipinski definition) is 0. The molecule has 0 heterocycles. The molecule has 0 aliphatic heterocycles. The van der Waals surface area contributed by atoms with Crippen LogP contribution in [0.5, 0.6) is 0 Å². The van der Waals surface area contributed by atoms with Crippen LogP contribution in [0.3, 0.4) is 0 Å². The summed E-state index contributed by atoms with van der Waals surface area (Å²) in [4.78, 5) is 0. The van der Waals surface area contributed by atoms with Gasteiger partial charge in [0, 0.05) is 16.5 Å². The molecular weight excluding hydrogens is 335 g/mol. The molecule has 0 amide bonds. The third-order valence-electron chi connectivity index (χ3n) is 4.81. The van der Waals surface area contributed by atoms with Gasteiger partial charge in [-0.25, -0.2) is 0 Å². The molecule has 4 rings (SSSR count). The smallest absolute Gasteiger partial charge is 0.151 e. The van der Waals surface area contributed by atoms with Gasteiger partial charge in [0.05, 0.1) is 5.66 Å². The second-order valence-electron chi connectivity index (χ2n) is 6.42. The van der Waals surface area contributed by atoms with Crippen LogP contribution in [0.25, 0.3) is 0 Å². The van der Waals surface area contributed by atoms with Crippen molar-refractivity contribution in [3.63, 3.8) is 0 Å². The molecule has 26 heavy (non-hydrogen) atoms. The summed E-state index contributed by atoms with van der Waals surface area (Å²) in [5.41, 5.74) is 3.23. The fraction of sp³-hybridized carbons (Fsp3) is 0.0417. The molecule has 0 spiro atoms. The van der Waals surface area contributed by atoms with Crippen molar-refractivity contribution in [3.05, 3.63) is 127 Å². The first-order chi connectivity index (χ1) is 12.7. The van der Waals surface area contributed by atoms with Crippen LogP contribution in [-0.2, 0) is 4.57 Å². The van der Waals surface area contributed by atoms with Crippen LogP contribution in [0.2, 0.25) is 0 Å². The zero-order valence-electron chi connectivity index (χ0n) is 14.7. The summed E-state index contributed by atoms with van der Waals surface area (Å²) in [6.45, 7) is 2.10. The number of benzene rings is 3. The first-order valence-electron chi connectivity index (χ1n) is 8.75. The fourth-order valence-corrected chi connectivity index (χ4v) is 6.36. The highest BCUT2D eigenvalue weighted by molar-refractivity contribution is 7.81. The number of aryl methyl sites for hydroxylation is 1. The Kier molecular flexibility index (Phi) is 4.83. The molecule has 0 saturated heterocycles. The largest absolute Gasteiger partial charge is 0.313 e. The minimum Gasteiger partial charge on any atom is -0.313 e. The molecule has 3 aromatic rings. The van der Waals surface area contributed by atoms with Gasteiger partial charge in [0.2, 0.25) is 0 Å². The highest BCUT2D eigenvalue weighted by atomic mass is 31.2. The minimum absolute atomic E-state index is 0.868. The van der Waals surface area contributed by atoms with Gasteiger partial charge in [-0.3, -0.25) is 0 Å². The first-order valence-corrected chi connectivity index (χ1v) is 10.5. The Morgan fingerprint density at radius 3 is 1.77 bits per heavy atom. The molecule has 1 fully saturated rings. The van der Waals surface area contributed by atoms with Crippen molar-refractivity contribution < 1.29 is 4.57 Å². The second kappa shape index (κ2) is 7.25. The van der Waals surface area contributed by atoms with Crippen molar-refractivity contribution in [1.82, 2.24) is 0 Å². The maximum absolute atomic E-state index is 14.6. The Hall–Kier alpha value is -2.11. The SMILES string of the molecule is Cc1ccccc1[C]1[CH][CH][CH][C]1P(=O)(c1ccccc1)c1ccccc1. The van der Waals surface area contributed by atoms with Gasteiger partial charge in [-0.2, -0.15) is 0 Å². The van der Waals surface area contributed by atoms with Gasteiger partial charge in [0.15, 0.2) is 7.14 Å². The average Bonchev–Trinajstić information content (AvgIpc) is 3.19. The fourth-order valence-electron chi connectivity index (χ4n) is 3.49. The first kappa shape index (κ1) is 17.3. The third kappa shape index (κ3) is 2.95. The van der Waals surface area contributed by atoms with Crippen molar-refractivity contribution in [1.29, 1.82) is 0 Å². The molecule has 5 radical (unpaired) electrons. The van der Waals surface area contributed by atoms with Gasteiger partial charge in [-0.15, -0.1) is 0 Å². The maximum atomic E-state index is 14.6. The van der Waals surface area contributed by atoms with E-state index in [0.29, 0.717) is 0 Å². The number of rotatable bonds is 4. The molecule has 127 valence electrons. The standard InChI is InChI=1S/C24H20OP/c1-19-11-8-9-16-22(19)23-17-10-18-24(23)26(25,20-12-4-2-5-13-20)21-14-6-3-7-15-21/h2-18H,1H3. The van der Waals surface area contributed by atoms with Crippen molar-refractivity contribution >= 4 is 17.8 Å². The molecule has 0 atom stereocenters. The average molecular weight is 355 g/mol. The molecule has 0 unspecified atom stereocenters. The molecule has 3 aromatic carbocycles. The lowest BCUT2D eigenvalue weighted by atomic mass is 9.93. The summed E-state index contributed by atoms with van der Waals surface area (Å²) in [6.07, 6.45) is 6.11. The molecule has 0 N–H and O–H groups in total. The summed E-state index contributed by atoms with van der Waals surface area (Å²) in [6, 6.07) is 27.9. The maximum Gasteiger partial charge on any atom is 0.151 e. The van der Waals surface area contributed by atoms with Crippen molar-refractivity contribution in [2.24, 2.45) is 0 Å². The van der Waals surface area contributed by atoms with Gasteiger partial charge in [-0.1, -0.05) is 84.9 Å². The monoisotopic (exact) mass is 355 g/mol. The van der Waals surface area contributed by atoms with E-state index in [9.17, 15) is 4.57 Å². The van der Waals surface area contributed by atoms with Gasteiger partial charge in [-0.05, 0) is 37.3 Å². The van der Waals surface area contributed by atoms with Crippen LogP contribution in [0, 0.1) is 37.8 Å². The lowest BCUT2D eigenvalue weighted by Gasteiger charge is -2.30. The molecule has 1 aliphatic carbocycles. The van der Waals surface area contributed by atoms with Gasteiger partial charge >= 0.3 is 0 Å². The summed E-state index contributed by atoms with van der Waals surface area (Å²) in [5, 5.41) is 1.74. The van der Waals surface area contributed by atoms with E-state index >= 15 is 0 Å². The summed E-state index contributed by atoms with van der Waals surface area (Å²) in [7, 11) is -2.95. The second-order valence-corrected chi connectivity index (χ2v) is 9.15. The van der Waals surface area contributed by atoms with E-state index in [2.05, 4.69) is 25.5 Å². The highest BCUT2D eigenvalue weighted by Crippen LogP contribution is 2.63. The Labute approximate surface area is 156 Å². The van der Waals surface area contributed by atoms with Crippen molar-refractivity contribution in [3.8, 4) is 0 Å². The van der Waals surface area contributed by atoms with E-state index in [0.717, 1.165) is 27.7 Å². The van der Waals surface area contributed by atoms with Crippen LogP contribution in [0.15, 0.2) is 84.9 Å². The van der Waals surface area contributed by atoms with Crippen LogP contribution in [0.4, 0.5) is 0 Å². The molecular formula is C24H20OP. The van der Waals surface area contributed by atoms with E-state index in [1.165, 1.54) is 5.56 Å². The van der Waals surface area contributed by atoms with Crippen LogP contribution in [-0.4, -0.2) is 0 Å². The molecule has 0 aromatic heterocycles. The van der Waals surface area contributed by atoms with E-state index in [1.54, 1.807) is 0 Å². The summed E-state index contributed by atoms with van der Waals surface area (Å²) in [5.74, 6) is 1.05. The van der Waals surface area contributed by atoms with Crippen LogP contribution < -0.4 is 10.6 Å². The topological polar surface area (TPSA) is 17.1 Å². The molecule has 1 aliphatic rings. The van der Waals surface area contributed by atoms with E-state index < -0.39 is 7.14 Å². The van der Waals surface area contributed by atoms with Crippen LogP contribution >= 0.6 is 7.14 Å². The zero-order valence-corrected chi connectivity index (χ0v) is 15.6. The van der Waals surface area contributed by atoms with Crippen molar-refractivity contribution in [2.45, 2.75) is 6.92 Å². The summed E-state index contributed by atoms with van der Waals surface area (Å²) >= 11 is 0. The van der Waals surface area contributed by atoms with Crippen LogP contribution in [0.1, 0.15) is 11.1 Å². The normalized spacial score (nSPS) is 16.0. The Bertz CT molecular complexity index is 874. The van der Waals surface area contributed by atoms with E-state index in [4.69, 9.17) is 0 Å². The quantitative estimate of drug-likeness (QED) is 0.596. The minimum atomic E-state index is -2.95. The lowest BCUT2D eigenvalue weighted by Crippen LogP contribution is -2.23. The summed E-state index contributed by atoms with van der Waals surface area (Å²) < 4.78 is 14.6. The zero-order chi connectivity index (χ0) is 18.0. The highest BCUT2D eigenvalue weighted by Gasteiger charge is 2.46. The van der Waals surface area contributed by atoms with Crippen molar-refractivity contribution in [2.75, 3.05) is 0 Å². The van der Waals surface area contributed by atoms with E-state index in [-0.39, 0.29) is 0 Å². The lowest BCUT2D eigenvalue weighted by molar-refractivity contribution is 0.588. The Morgan fingerprint density at radius 1 is 0.654 bits per heavy atom. The molecule has 2 heteroatoms.